The maximum absolute atomic E-state index is 14.4. The van der Waals surface area contributed by atoms with Gasteiger partial charge in [-0.1, -0.05) is 32.4 Å². The summed E-state index contributed by atoms with van der Waals surface area (Å²) in [5.41, 5.74) is 5.07. The summed E-state index contributed by atoms with van der Waals surface area (Å²) < 4.78 is 10.5. The summed E-state index contributed by atoms with van der Waals surface area (Å²) in [5.74, 6) is -8.77. The molecule has 8 amide bonds. The molecule has 0 radical (unpaired) electrons. The Morgan fingerprint density at radius 2 is 1.39 bits per heavy atom. The van der Waals surface area contributed by atoms with Gasteiger partial charge in [0.25, 0.3) is 5.69 Å². The van der Waals surface area contributed by atoms with Crippen LogP contribution >= 0.6 is 0 Å². The van der Waals surface area contributed by atoms with E-state index in [9.17, 15) is 63.5 Å². The highest BCUT2D eigenvalue weighted by molar-refractivity contribution is 5.96. The molecule has 0 aliphatic carbocycles. The zero-order valence-electron chi connectivity index (χ0n) is 37.8. The number of hydrogen-bond acceptors (Lipinski definition) is 14. The van der Waals surface area contributed by atoms with Crippen molar-refractivity contribution in [3.63, 3.8) is 0 Å². The Hall–Kier alpha value is -7.53. The van der Waals surface area contributed by atoms with Gasteiger partial charge in [0.15, 0.2) is 11.5 Å². The number of nitro benzene ring substituents is 1. The molecule has 0 unspecified atom stereocenters. The summed E-state index contributed by atoms with van der Waals surface area (Å²) in [7, 11) is 2.51. The minimum atomic E-state index is -1.67. The molecule has 0 saturated carbocycles. The van der Waals surface area contributed by atoms with Gasteiger partial charge >= 0.3 is 5.97 Å². The number of nitro groups is 1. The van der Waals surface area contributed by atoms with Crippen molar-refractivity contribution in [3.8, 4) is 17.2 Å². The summed E-state index contributed by atoms with van der Waals surface area (Å²) in [5, 5.41) is 46.5. The molecule has 0 aromatic heterocycles. The molecule has 0 heterocycles. The van der Waals surface area contributed by atoms with E-state index in [0.717, 1.165) is 17.9 Å². The predicted molar refractivity (Wildman–Crippen MR) is 233 cm³/mol. The van der Waals surface area contributed by atoms with E-state index in [1.54, 1.807) is 13.8 Å². The smallest absolute Gasteiger partial charge is 0.303 e. The van der Waals surface area contributed by atoms with E-state index in [1.165, 1.54) is 58.4 Å². The summed E-state index contributed by atoms with van der Waals surface area (Å²) in [6.45, 7) is 5.33. The average Bonchev–Trinajstić information content (AvgIpc) is 3.25. The number of ether oxygens (including phenoxy) is 2. The van der Waals surface area contributed by atoms with Gasteiger partial charge in [0, 0.05) is 33.2 Å². The number of carbonyl (C=O) groups is 9. The number of amides is 8. The lowest BCUT2D eigenvalue weighted by molar-refractivity contribution is -0.385. The van der Waals surface area contributed by atoms with E-state index in [2.05, 4.69) is 31.9 Å². The first kappa shape index (κ1) is 54.6. The molecule has 24 heteroatoms. The van der Waals surface area contributed by atoms with Crippen LogP contribution in [-0.2, 0) is 56.1 Å². The number of carboxylic acid groups (broad SMARTS) is 1. The summed E-state index contributed by atoms with van der Waals surface area (Å²) in [4.78, 5) is 129. The third-order valence-electron chi connectivity index (χ3n) is 10.2. The number of nitrogens with one attached hydrogen (secondary N) is 6. The SMILES string of the molecule is CC[C@H](C)[C@H](NC(=O)[C@H](CCC(=O)O)NC(=O)CN(Cc1cc(OC)c(OC)cc1[N+](=O)[O-])C(=O)[C@H](Cc1ccc(O)cc1)NC(C)=O)C(=O)N[C@@H](CCNC(C)=O)C(=O)N[C@@H](C)C(N)=O. The Bertz CT molecular complexity index is 2100. The average molecular weight is 930 g/mol. The van der Waals surface area contributed by atoms with Gasteiger partial charge in [-0.25, -0.2) is 0 Å². The number of carbonyl (C=O) groups excluding carboxylic acids is 8. The third-order valence-corrected chi connectivity index (χ3v) is 10.2. The van der Waals surface area contributed by atoms with Crippen LogP contribution in [0.4, 0.5) is 5.69 Å². The molecular weight excluding hydrogens is 871 g/mol. The molecule has 0 spiro atoms. The zero-order valence-corrected chi connectivity index (χ0v) is 37.8. The van der Waals surface area contributed by atoms with E-state index >= 15 is 0 Å². The number of rotatable bonds is 27. The summed E-state index contributed by atoms with van der Waals surface area (Å²) in [6, 6.07) is 0.977. The molecule has 66 heavy (non-hydrogen) atoms. The van der Waals surface area contributed by atoms with E-state index < -0.39 is 126 Å². The lowest BCUT2D eigenvalue weighted by atomic mass is 9.96. The number of aromatic hydroxyl groups is 1. The van der Waals surface area contributed by atoms with Crippen molar-refractivity contribution in [1.82, 2.24) is 36.8 Å². The van der Waals surface area contributed by atoms with Gasteiger partial charge in [0.2, 0.25) is 47.3 Å². The van der Waals surface area contributed by atoms with Gasteiger partial charge in [-0.3, -0.25) is 53.3 Å². The maximum atomic E-state index is 14.4. The maximum Gasteiger partial charge on any atom is 0.303 e. The van der Waals surface area contributed by atoms with Crippen LogP contribution < -0.4 is 47.1 Å². The van der Waals surface area contributed by atoms with Crippen molar-refractivity contribution in [3.05, 3.63) is 57.6 Å². The number of aliphatic carboxylic acids is 1. The second kappa shape index (κ2) is 26.3. The number of phenolic OH excluding ortho intramolecular Hbond substituents is 1. The molecule has 0 aliphatic heterocycles. The van der Waals surface area contributed by atoms with Crippen LogP contribution in [0.25, 0.3) is 0 Å². The fourth-order valence-corrected chi connectivity index (χ4v) is 6.37. The number of benzene rings is 2. The van der Waals surface area contributed by atoms with Crippen molar-refractivity contribution in [2.24, 2.45) is 11.7 Å². The Morgan fingerprint density at radius 1 is 0.803 bits per heavy atom. The van der Waals surface area contributed by atoms with Crippen LogP contribution in [0.2, 0.25) is 0 Å². The number of nitrogens with zero attached hydrogens (tertiary/aromatic N) is 2. The first-order chi connectivity index (χ1) is 31.0. The highest BCUT2D eigenvalue weighted by atomic mass is 16.6. The minimum Gasteiger partial charge on any atom is -0.508 e. The second-order valence-electron chi connectivity index (χ2n) is 15.3. The number of nitrogens with two attached hydrogens (primary N) is 1. The summed E-state index contributed by atoms with van der Waals surface area (Å²) >= 11 is 0. The molecule has 0 fully saturated rings. The van der Waals surface area contributed by atoms with Crippen molar-refractivity contribution in [2.45, 2.75) is 103 Å². The Labute approximate surface area is 380 Å². The van der Waals surface area contributed by atoms with Crippen LogP contribution in [0.5, 0.6) is 17.2 Å². The molecule has 2 aromatic rings. The number of primary amides is 1. The Morgan fingerprint density at radius 3 is 1.92 bits per heavy atom. The Balaban J connectivity index is 2.58. The van der Waals surface area contributed by atoms with Crippen LogP contribution in [0.15, 0.2) is 36.4 Å². The van der Waals surface area contributed by atoms with Gasteiger partial charge < -0.3 is 62.2 Å². The van der Waals surface area contributed by atoms with Crippen molar-refractivity contribution in [1.29, 1.82) is 0 Å². The lowest BCUT2D eigenvalue weighted by Gasteiger charge is -2.30. The normalized spacial score (nSPS) is 13.4. The van der Waals surface area contributed by atoms with Gasteiger partial charge in [-0.2, -0.15) is 0 Å². The van der Waals surface area contributed by atoms with Crippen LogP contribution in [0, 0.1) is 16.0 Å². The van der Waals surface area contributed by atoms with E-state index in [0.29, 0.717) is 5.56 Å². The highest BCUT2D eigenvalue weighted by Crippen LogP contribution is 2.35. The first-order valence-corrected chi connectivity index (χ1v) is 20.7. The van der Waals surface area contributed by atoms with Gasteiger partial charge in [-0.05, 0) is 49.4 Å². The fourth-order valence-electron chi connectivity index (χ4n) is 6.37. The molecule has 6 atom stereocenters. The Kier molecular flexibility index (Phi) is 21.8. The van der Waals surface area contributed by atoms with E-state index in [-0.39, 0.29) is 48.6 Å². The standard InChI is InChI=1S/C42H59N9O15/c1-8-22(2)37(41(61)48-30(15-16-44-24(4)52)39(59)45-23(3)38(43)58)49-40(60)29(13-14-36(56)57)47-35(55)21-50(20-27-18-33(65-6)34(66-7)19-32(27)51(63)64)42(62)31(46-25(5)53)17-26-9-11-28(54)12-10-26/h9-12,18-19,22-23,29-31,37,54H,8,13-17,20-21H2,1-7H3,(H2,43,58)(H,44,52)(H,45,59)(H,46,53)(H,47,55)(H,48,61)(H,49,60)(H,56,57)/t22-,23-,29-,30-,31-,37-/m0/s1. The molecular formula is C42H59N9O15. The van der Waals surface area contributed by atoms with Crippen molar-refractivity contribution in [2.75, 3.05) is 27.3 Å². The molecule has 362 valence electrons. The van der Waals surface area contributed by atoms with Gasteiger partial charge in [0.05, 0.1) is 43.9 Å². The van der Waals surface area contributed by atoms with E-state index in [1.807, 2.05) is 0 Å². The summed E-state index contributed by atoms with van der Waals surface area (Å²) in [6.07, 6.45) is -1.24. The van der Waals surface area contributed by atoms with Crippen molar-refractivity contribution >= 4 is 58.9 Å². The molecule has 0 saturated heterocycles. The largest absolute Gasteiger partial charge is 0.508 e. The topological polar surface area (TPSA) is 357 Å². The molecule has 2 rings (SSSR count). The second-order valence-corrected chi connectivity index (χ2v) is 15.3. The molecule has 2 aromatic carbocycles. The number of phenols is 1. The molecule has 10 N–H and O–H groups in total. The predicted octanol–water partition coefficient (Wildman–Crippen LogP) is -0.725. The number of carboxylic acids is 1. The van der Waals surface area contributed by atoms with Gasteiger partial charge in [0.1, 0.15) is 36.0 Å². The highest BCUT2D eigenvalue weighted by Gasteiger charge is 2.35. The third kappa shape index (κ3) is 17.6. The molecule has 0 bridgehead atoms. The number of methoxy groups -OCH3 is 2. The van der Waals surface area contributed by atoms with Crippen LogP contribution in [-0.4, -0.2) is 131 Å². The molecule has 0 aliphatic rings. The van der Waals surface area contributed by atoms with Crippen LogP contribution in [0.3, 0.4) is 0 Å². The monoisotopic (exact) mass is 929 g/mol. The minimum absolute atomic E-state index is 0.0230. The van der Waals surface area contributed by atoms with Gasteiger partial charge in [-0.15, -0.1) is 0 Å². The van der Waals surface area contributed by atoms with E-state index in [4.69, 9.17) is 15.2 Å². The molecule has 24 nitrogen and oxygen atoms in total. The number of hydrogen-bond donors (Lipinski definition) is 9. The lowest BCUT2D eigenvalue weighted by Crippen LogP contribution is -2.60. The van der Waals surface area contributed by atoms with Crippen molar-refractivity contribution < 1.29 is 67.8 Å². The zero-order chi connectivity index (χ0) is 49.8. The first-order valence-electron chi connectivity index (χ1n) is 20.7. The quantitative estimate of drug-likeness (QED) is 0.0394. The fraction of sp³-hybridized carbons (Fsp3) is 0.500. The van der Waals surface area contributed by atoms with Crippen LogP contribution in [0.1, 0.15) is 71.4 Å².